The molecule has 1 aliphatic rings. The van der Waals surface area contributed by atoms with Crippen molar-refractivity contribution in [2.24, 2.45) is 0 Å². The number of methoxy groups -OCH3 is 1. The molecule has 34 heavy (non-hydrogen) atoms. The summed E-state index contributed by atoms with van der Waals surface area (Å²) < 4.78 is 10.6. The highest BCUT2D eigenvalue weighted by molar-refractivity contribution is 7.80. The molecule has 1 aliphatic heterocycles. The molecule has 180 valence electrons. The Hall–Kier alpha value is -3.66. The Labute approximate surface area is 204 Å². The normalized spacial score (nSPS) is 15.3. The highest BCUT2D eigenvalue weighted by Crippen LogP contribution is 2.29. The lowest BCUT2D eigenvalue weighted by Crippen LogP contribution is -2.42. The van der Waals surface area contributed by atoms with Crippen LogP contribution in [-0.4, -0.2) is 60.6 Å². The standard InChI is InChI=1S/C24H28N4O5S/c1-4-33-20-11-7-18(8-12-20)28-23(31)21(27(24(28)34)14-13-25-16(2)29)15-22(30)26-17-5-9-19(32-3)10-6-17/h5-12,21H,4,13-15H2,1-3H3,(H,25,29)(H,26,30)/t21-/m0/s1. The van der Waals surface area contributed by atoms with Gasteiger partial charge in [-0.15, -0.1) is 0 Å². The van der Waals surface area contributed by atoms with Crippen LogP contribution in [0.5, 0.6) is 11.5 Å². The average Bonchev–Trinajstić information content (AvgIpc) is 3.04. The first kappa shape index (κ1) is 25.0. The topological polar surface area (TPSA) is 100 Å². The molecule has 2 aromatic rings. The molecule has 9 nitrogen and oxygen atoms in total. The van der Waals surface area contributed by atoms with E-state index in [9.17, 15) is 14.4 Å². The molecule has 2 aromatic carbocycles. The van der Waals surface area contributed by atoms with Gasteiger partial charge in [-0.25, -0.2) is 0 Å². The van der Waals surface area contributed by atoms with Crippen LogP contribution in [0.25, 0.3) is 0 Å². The summed E-state index contributed by atoms with van der Waals surface area (Å²) in [7, 11) is 1.56. The van der Waals surface area contributed by atoms with E-state index in [4.69, 9.17) is 21.7 Å². The maximum Gasteiger partial charge on any atom is 0.256 e. The van der Waals surface area contributed by atoms with Gasteiger partial charge in [0.25, 0.3) is 5.91 Å². The molecule has 0 aromatic heterocycles. The SMILES string of the molecule is CCOc1ccc(N2C(=O)[C@H](CC(=O)Nc3ccc(OC)cc3)N(CCNC(C)=O)C2=S)cc1. The molecule has 0 unspecified atom stereocenters. The van der Waals surface area contributed by atoms with E-state index in [0.29, 0.717) is 29.5 Å². The van der Waals surface area contributed by atoms with Crippen molar-refractivity contribution in [2.75, 3.05) is 37.0 Å². The molecule has 3 amide bonds. The van der Waals surface area contributed by atoms with E-state index >= 15 is 0 Å². The minimum absolute atomic E-state index is 0.0986. The number of carbonyl (C=O) groups is 3. The summed E-state index contributed by atoms with van der Waals surface area (Å²) in [5.74, 6) is 0.533. The second-order valence-corrected chi connectivity index (χ2v) is 7.92. The molecule has 3 rings (SSSR count). The molecule has 1 saturated heterocycles. The monoisotopic (exact) mass is 484 g/mol. The number of carbonyl (C=O) groups excluding carboxylic acids is 3. The fourth-order valence-electron chi connectivity index (χ4n) is 3.60. The molecular weight excluding hydrogens is 456 g/mol. The van der Waals surface area contributed by atoms with E-state index < -0.39 is 6.04 Å². The summed E-state index contributed by atoms with van der Waals surface area (Å²) >= 11 is 5.61. The maximum absolute atomic E-state index is 13.4. The van der Waals surface area contributed by atoms with Gasteiger partial charge in [0, 0.05) is 25.7 Å². The first-order valence-corrected chi connectivity index (χ1v) is 11.3. The Kier molecular flexibility index (Phi) is 8.42. The summed E-state index contributed by atoms with van der Waals surface area (Å²) in [6.07, 6.45) is -0.0986. The number of rotatable bonds is 10. The summed E-state index contributed by atoms with van der Waals surface area (Å²) in [6, 6.07) is 13.1. The minimum Gasteiger partial charge on any atom is -0.497 e. The van der Waals surface area contributed by atoms with Gasteiger partial charge in [-0.1, -0.05) is 0 Å². The van der Waals surface area contributed by atoms with Gasteiger partial charge in [0.15, 0.2) is 5.11 Å². The molecule has 1 fully saturated rings. The fourth-order valence-corrected chi connectivity index (χ4v) is 4.01. The van der Waals surface area contributed by atoms with Gasteiger partial charge in [-0.3, -0.25) is 19.3 Å². The highest BCUT2D eigenvalue weighted by atomic mass is 32.1. The Morgan fingerprint density at radius 1 is 1.06 bits per heavy atom. The van der Waals surface area contributed by atoms with Crippen molar-refractivity contribution < 1.29 is 23.9 Å². The Balaban J connectivity index is 1.77. The first-order chi connectivity index (χ1) is 16.3. The largest absolute Gasteiger partial charge is 0.497 e. The van der Waals surface area contributed by atoms with E-state index in [-0.39, 0.29) is 42.3 Å². The van der Waals surface area contributed by atoms with Gasteiger partial charge >= 0.3 is 0 Å². The third-order valence-electron chi connectivity index (χ3n) is 5.20. The number of amides is 3. The Morgan fingerprint density at radius 3 is 2.29 bits per heavy atom. The third kappa shape index (κ3) is 6.02. The molecule has 0 bridgehead atoms. The summed E-state index contributed by atoms with van der Waals surface area (Å²) in [4.78, 5) is 40.6. The lowest BCUT2D eigenvalue weighted by atomic mass is 10.1. The first-order valence-electron chi connectivity index (χ1n) is 10.9. The van der Waals surface area contributed by atoms with E-state index in [1.807, 2.05) is 6.92 Å². The fraction of sp³-hybridized carbons (Fsp3) is 0.333. The Bertz CT molecular complexity index is 1040. The van der Waals surface area contributed by atoms with Crippen LogP contribution >= 0.6 is 12.2 Å². The van der Waals surface area contributed by atoms with Crippen molar-refractivity contribution in [3.05, 3.63) is 48.5 Å². The average molecular weight is 485 g/mol. The van der Waals surface area contributed by atoms with Crippen LogP contribution in [-0.2, 0) is 14.4 Å². The lowest BCUT2D eigenvalue weighted by molar-refractivity contribution is -0.124. The van der Waals surface area contributed by atoms with Crippen molar-refractivity contribution in [1.82, 2.24) is 10.2 Å². The number of nitrogens with zero attached hydrogens (tertiary/aromatic N) is 2. The number of hydrogen-bond acceptors (Lipinski definition) is 6. The quantitative estimate of drug-likeness (QED) is 0.500. The number of hydrogen-bond donors (Lipinski definition) is 2. The van der Waals surface area contributed by atoms with Crippen LogP contribution in [0, 0.1) is 0 Å². The van der Waals surface area contributed by atoms with Crippen LogP contribution in [0.1, 0.15) is 20.3 Å². The smallest absolute Gasteiger partial charge is 0.256 e. The van der Waals surface area contributed by atoms with Gasteiger partial charge in [0.1, 0.15) is 17.5 Å². The van der Waals surface area contributed by atoms with Crippen LogP contribution in [0.4, 0.5) is 11.4 Å². The van der Waals surface area contributed by atoms with Crippen molar-refractivity contribution in [2.45, 2.75) is 26.3 Å². The molecule has 0 radical (unpaired) electrons. The van der Waals surface area contributed by atoms with Crippen LogP contribution in [0.15, 0.2) is 48.5 Å². The van der Waals surface area contributed by atoms with Gasteiger partial charge < -0.3 is 25.0 Å². The van der Waals surface area contributed by atoms with E-state index in [1.54, 1.807) is 60.5 Å². The van der Waals surface area contributed by atoms with Crippen molar-refractivity contribution in [3.63, 3.8) is 0 Å². The summed E-state index contributed by atoms with van der Waals surface area (Å²) in [5, 5.41) is 5.79. The molecular formula is C24H28N4O5S. The molecule has 1 atom stereocenters. The molecule has 2 N–H and O–H groups in total. The predicted molar refractivity (Wildman–Crippen MR) is 133 cm³/mol. The highest BCUT2D eigenvalue weighted by Gasteiger charge is 2.43. The third-order valence-corrected chi connectivity index (χ3v) is 5.62. The second-order valence-electron chi connectivity index (χ2n) is 7.56. The number of nitrogens with one attached hydrogen (secondary N) is 2. The molecule has 0 aliphatic carbocycles. The van der Waals surface area contributed by atoms with Crippen molar-refractivity contribution in [3.8, 4) is 11.5 Å². The van der Waals surface area contributed by atoms with Gasteiger partial charge in [0.2, 0.25) is 11.8 Å². The van der Waals surface area contributed by atoms with E-state index in [1.165, 1.54) is 11.8 Å². The molecule has 0 saturated carbocycles. The van der Waals surface area contributed by atoms with Crippen LogP contribution in [0.2, 0.25) is 0 Å². The molecule has 10 heteroatoms. The van der Waals surface area contributed by atoms with Crippen molar-refractivity contribution in [1.29, 1.82) is 0 Å². The van der Waals surface area contributed by atoms with Gasteiger partial charge in [-0.2, -0.15) is 0 Å². The van der Waals surface area contributed by atoms with Gasteiger partial charge in [-0.05, 0) is 67.7 Å². The number of anilines is 2. The number of benzene rings is 2. The second kappa shape index (κ2) is 11.5. The zero-order valence-electron chi connectivity index (χ0n) is 19.4. The van der Waals surface area contributed by atoms with Crippen molar-refractivity contribution >= 4 is 46.4 Å². The van der Waals surface area contributed by atoms with Crippen LogP contribution < -0.4 is 25.0 Å². The van der Waals surface area contributed by atoms with Gasteiger partial charge in [0.05, 0.1) is 25.8 Å². The molecule has 1 heterocycles. The Morgan fingerprint density at radius 2 is 1.71 bits per heavy atom. The maximum atomic E-state index is 13.4. The lowest BCUT2D eigenvalue weighted by Gasteiger charge is -2.24. The zero-order valence-corrected chi connectivity index (χ0v) is 20.2. The number of thiocarbonyl (C=S) groups is 1. The predicted octanol–water partition coefficient (Wildman–Crippen LogP) is 2.56. The van der Waals surface area contributed by atoms with E-state index in [2.05, 4.69) is 10.6 Å². The number of ether oxygens (including phenoxy) is 2. The summed E-state index contributed by atoms with van der Waals surface area (Å²) in [6.45, 7) is 4.42. The summed E-state index contributed by atoms with van der Waals surface area (Å²) in [5.41, 5.74) is 1.17. The zero-order chi connectivity index (χ0) is 24.7. The molecule has 0 spiro atoms. The van der Waals surface area contributed by atoms with E-state index in [0.717, 1.165) is 0 Å². The minimum atomic E-state index is -0.800. The van der Waals surface area contributed by atoms with Crippen LogP contribution in [0.3, 0.4) is 0 Å².